The SMILES string of the molecule is CCNC(=O)c1coc2nc(CCC(F)(F)F)ccc12. The molecule has 2 rings (SSSR count). The van der Waals surface area contributed by atoms with Crippen LogP contribution in [-0.4, -0.2) is 23.6 Å². The van der Waals surface area contributed by atoms with Gasteiger partial charge in [-0.3, -0.25) is 4.79 Å². The van der Waals surface area contributed by atoms with E-state index in [0.717, 1.165) is 0 Å². The van der Waals surface area contributed by atoms with Gasteiger partial charge in [0.15, 0.2) is 0 Å². The van der Waals surface area contributed by atoms with Crippen molar-refractivity contribution in [3.8, 4) is 0 Å². The van der Waals surface area contributed by atoms with Crippen LogP contribution in [0.5, 0.6) is 0 Å². The van der Waals surface area contributed by atoms with Crippen LogP contribution in [0, 0.1) is 0 Å². The van der Waals surface area contributed by atoms with E-state index >= 15 is 0 Å². The Labute approximate surface area is 113 Å². The molecule has 1 N–H and O–H groups in total. The highest BCUT2D eigenvalue weighted by atomic mass is 19.4. The molecule has 4 nitrogen and oxygen atoms in total. The van der Waals surface area contributed by atoms with Gasteiger partial charge in [0.1, 0.15) is 6.26 Å². The quantitative estimate of drug-likeness (QED) is 0.939. The summed E-state index contributed by atoms with van der Waals surface area (Å²) in [4.78, 5) is 15.7. The number of carbonyl (C=O) groups excluding carboxylic acids is 1. The predicted octanol–water partition coefficient (Wildman–Crippen LogP) is 3.07. The van der Waals surface area contributed by atoms with Crippen LogP contribution in [0.1, 0.15) is 29.4 Å². The van der Waals surface area contributed by atoms with Crippen molar-refractivity contribution in [1.29, 1.82) is 0 Å². The Hall–Kier alpha value is -2.05. The molecular formula is C13H13F3N2O2. The molecule has 0 radical (unpaired) electrons. The number of aromatic nitrogens is 1. The van der Waals surface area contributed by atoms with Crippen LogP contribution in [0.15, 0.2) is 22.8 Å². The Morgan fingerprint density at radius 1 is 1.40 bits per heavy atom. The number of rotatable bonds is 4. The van der Waals surface area contributed by atoms with E-state index in [4.69, 9.17) is 4.42 Å². The second-order valence-corrected chi connectivity index (χ2v) is 4.28. The number of carbonyl (C=O) groups is 1. The lowest BCUT2D eigenvalue weighted by molar-refractivity contribution is -0.134. The normalized spacial score (nSPS) is 11.8. The third-order valence-electron chi connectivity index (χ3n) is 2.74. The zero-order valence-electron chi connectivity index (χ0n) is 10.8. The van der Waals surface area contributed by atoms with Crippen molar-refractivity contribution in [3.63, 3.8) is 0 Å². The Kier molecular flexibility index (Phi) is 3.96. The zero-order valence-corrected chi connectivity index (χ0v) is 10.8. The highest BCUT2D eigenvalue weighted by molar-refractivity contribution is 6.05. The average Bonchev–Trinajstić information content (AvgIpc) is 2.78. The lowest BCUT2D eigenvalue weighted by Crippen LogP contribution is -2.22. The van der Waals surface area contributed by atoms with Crippen LogP contribution in [0.3, 0.4) is 0 Å². The predicted molar refractivity (Wildman–Crippen MR) is 66.4 cm³/mol. The van der Waals surface area contributed by atoms with E-state index in [0.29, 0.717) is 17.5 Å². The maximum atomic E-state index is 12.1. The first-order valence-corrected chi connectivity index (χ1v) is 6.13. The van der Waals surface area contributed by atoms with Gasteiger partial charge in [-0.15, -0.1) is 0 Å². The smallest absolute Gasteiger partial charge is 0.389 e. The molecule has 0 aliphatic heterocycles. The molecule has 0 saturated carbocycles. The van der Waals surface area contributed by atoms with Gasteiger partial charge in [-0.25, -0.2) is 4.98 Å². The summed E-state index contributed by atoms with van der Waals surface area (Å²) < 4.78 is 41.6. The number of pyridine rings is 1. The minimum absolute atomic E-state index is 0.172. The van der Waals surface area contributed by atoms with E-state index in [9.17, 15) is 18.0 Å². The van der Waals surface area contributed by atoms with Crippen molar-refractivity contribution in [2.24, 2.45) is 0 Å². The summed E-state index contributed by atoms with van der Waals surface area (Å²) in [6.45, 7) is 2.26. The molecule has 108 valence electrons. The molecular weight excluding hydrogens is 273 g/mol. The maximum Gasteiger partial charge on any atom is 0.389 e. The number of halogens is 3. The Morgan fingerprint density at radius 3 is 2.80 bits per heavy atom. The molecule has 0 aromatic carbocycles. The standard InChI is InChI=1S/C13H13F3N2O2/c1-2-17-11(19)10-7-20-12-9(10)4-3-8(18-12)5-6-13(14,15)16/h3-4,7H,2,5-6H2,1H3,(H,17,19). The molecule has 1 amide bonds. The largest absolute Gasteiger partial charge is 0.445 e. The molecule has 0 aliphatic rings. The molecule has 0 spiro atoms. The number of aryl methyl sites for hydroxylation is 1. The van der Waals surface area contributed by atoms with Crippen LogP contribution in [0.2, 0.25) is 0 Å². The number of nitrogens with one attached hydrogen (secondary N) is 1. The van der Waals surface area contributed by atoms with Gasteiger partial charge in [0.25, 0.3) is 5.91 Å². The Morgan fingerprint density at radius 2 is 2.15 bits per heavy atom. The minimum atomic E-state index is -4.22. The fourth-order valence-electron chi connectivity index (χ4n) is 1.79. The number of hydrogen-bond acceptors (Lipinski definition) is 3. The highest BCUT2D eigenvalue weighted by Crippen LogP contribution is 2.24. The molecule has 0 atom stereocenters. The third kappa shape index (κ3) is 3.28. The summed E-state index contributed by atoms with van der Waals surface area (Å²) in [5.74, 6) is -0.295. The topological polar surface area (TPSA) is 55.1 Å². The van der Waals surface area contributed by atoms with E-state index in [1.165, 1.54) is 12.3 Å². The van der Waals surface area contributed by atoms with E-state index in [2.05, 4.69) is 10.3 Å². The molecule has 0 bridgehead atoms. The first kappa shape index (κ1) is 14.4. The van der Waals surface area contributed by atoms with Crippen molar-refractivity contribution in [2.75, 3.05) is 6.54 Å². The third-order valence-corrected chi connectivity index (χ3v) is 2.74. The molecule has 7 heteroatoms. The second kappa shape index (κ2) is 5.52. The van der Waals surface area contributed by atoms with Gasteiger partial charge >= 0.3 is 6.18 Å². The van der Waals surface area contributed by atoms with Gasteiger partial charge in [0.05, 0.1) is 10.9 Å². The first-order chi connectivity index (χ1) is 9.40. The van der Waals surface area contributed by atoms with Gasteiger partial charge < -0.3 is 9.73 Å². The van der Waals surface area contributed by atoms with Gasteiger partial charge in [-0.1, -0.05) is 0 Å². The number of furan rings is 1. The van der Waals surface area contributed by atoms with Crippen molar-refractivity contribution < 1.29 is 22.4 Å². The van der Waals surface area contributed by atoms with Crippen molar-refractivity contribution in [3.05, 3.63) is 29.7 Å². The van der Waals surface area contributed by atoms with Gasteiger partial charge in [-0.05, 0) is 25.5 Å². The monoisotopic (exact) mass is 286 g/mol. The summed E-state index contributed by atoms with van der Waals surface area (Å²) in [7, 11) is 0. The molecule has 0 fully saturated rings. The molecule has 2 heterocycles. The summed E-state index contributed by atoms with van der Waals surface area (Å²) in [6, 6.07) is 3.04. The van der Waals surface area contributed by atoms with Crippen LogP contribution in [-0.2, 0) is 6.42 Å². The summed E-state index contributed by atoms with van der Waals surface area (Å²) >= 11 is 0. The average molecular weight is 286 g/mol. The van der Waals surface area contributed by atoms with Crippen molar-refractivity contribution in [1.82, 2.24) is 10.3 Å². The van der Waals surface area contributed by atoms with E-state index in [-0.39, 0.29) is 23.7 Å². The fourth-order valence-corrected chi connectivity index (χ4v) is 1.79. The maximum absolute atomic E-state index is 12.1. The molecule has 0 aliphatic carbocycles. The zero-order chi connectivity index (χ0) is 14.8. The van der Waals surface area contributed by atoms with E-state index < -0.39 is 12.6 Å². The number of nitrogens with zero attached hydrogens (tertiary/aromatic N) is 1. The Balaban J connectivity index is 2.22. The minimum Gasteiger partial charge on any atom is -0.445 e. The Bertz CT molecular complexity index is 620. The number of fused-ring (bicyclic) bond motifs is 1. The summed E-state index contributed by atoms with van der Waals surface area (Å²) in [5, 5.41) is 3.12. The number of alkyl halides is 3. The first-order valence-electron chi connectivity index (χ1n) is 6.13. The van der Waals surface area contributed by atoms with E-state index in [1.807, 2.05) is 0 Å². The second-order valence-electron chi connectivity index (χ2n) is 4.28. The van der Waals surface area contributed by atoms with Crippen LogP contribution >= 0.6 is 0 Å². The number of amides is 1. The highest BCUT2D eigenvalue weighted by Gasteiger charge is 2.27. The lowest BCUT2D eigenvalue weighted by atomic mass is 10.1. The molecule has 0 unspecified atom stereocenters. The molecule has 2 aromatic heterocycles. The van der Waals surface area contributed by atoms with Crippen LogP contribution in [0.4, 0.5) is 13.2 Å². The van der Waals surface area contributed by atoms with E-state index in [1.54, 1.807) is 13.0 Å². The van der Waals surface area contributed by atoms with Gasteiger partial charge in [0.2, 0.25) is 5.71 Å². The lowest BCUT2D eigenvalue weighted by Gasteiger charge is -2.05. The van der Waals surface area contributed by atoms with Crippen molar-refractivity contribution in [2.45, 2.75) is 25.9 Å². The van der Waals surface area contributed by atoms with Crippen LogP contribution < -0.4 is 5.32 Å². The molecule has 20 heavy (non-hydrogen) atoms. The van der Waals surface area contributed by atoms with Gasteiger partial charge in [-0.2, -0.15) is 13.2 Å². The number of hydrogen-bond donors (Lipinski definition) is 1. The summed E-state index contributed by atoms with van der Waals surface area (Å²) in [6.07, 6.45) is -4.10. The molecule has 0 saturated heterocycles. The van der Waals surface area contributed by atoms with Crippen LogP contribution in [0.25, 0.3) is 11.1 Å². The molecule has 2 aromatic rings. The van der Waals surface area contributed by atoms with Crippen molar-refractivity contribution >= 4 is 17.0 Å². The fraction of sp³-hybridized carbons (Fsp3) is 0.385. The summed E-state index contributed by atoms with van der Waals surface area (Å²) in [5.41, 5.74) is 0.786. The van der Waals surface area contributed by atoms with Gasteiger partial charge in [0, 0.05) is 18.7 Å².